The summed E-state index contributed by atoms with van der Waals surface area (Å²) in [7, 11) is -3.50. The van der Waals surface area contributed by atoms with Crippen LogP contribution in [0.2, 0.25) is 5.02 Å². The molecule has 1 atom stereocenters. The minimum absolute atomic E-state index is 0.218. The highest BCUT2D eigenvalue weighted by atomic mass is 35.5. The fraction of sp³-hybridized carbons (Fsp3) is 0.294. The van der Waals surface area contributed by atoms with E-state index in [2.05, 4.69) is 6.92 Å². The van der Waals surface area contributed by atoms with Gasteiger partial charge in [-0.05, 0) is 41.8 Å². The summed E-state index contributed by atoms with van der Waals surface area (Å²) in [6.45, 7) is 2.56. The largest absolute Gasteiger partial charge is 0.244 e. The molecule has 1 saturated heterocycles. The fourth-order valence-corrected chi connectivity index (χ4v) is 6.09. The first kappa shape index (κ1) is 16.8. The van der Waals surface area contributed by atoms with Gasteiger partial charge in [0.05, 0.1) is 10.3 Å². The number of aryl methyl sites for hydroxylation is 1. The Balaban J connectivity index is 1.94. The van der Waals surface area contributed by atoms with Gasteiger partial charge in [-0.25, -0.2) is 8.42 Å². The second-order valence-electron chi connectivity index (χ2n) is 5.39. The number of rotatable bonds is 4. The molecule has 6 heteroatoms. The zero-order valence-corrected chi connectivity index (χ0v) is 15.2. The van der Waals surface area contributed by atoms with Crippen molar-refractivity contribution in [2.75, 3.05) is 12.3 Å². The van der Waals surface area contributed by atoms with Gasteiger partial charge in [0.25, 0.3) is 0 Å². The number of nitrogens with zero attached hydrogens (tertiary/aromatic N) is 1. The highest BCUT2D eigenvalue weighted by molar-refractivity contribution is 8.01. The summed E-state index contributed by atoms with van der Waals surface area (Å²) in [4.78, 5) is 0.351. The van der Waals surface area contributed by atoms with Crippen LogP contribution < -0.4 is 0 Å². The van der Waals surface area contributed by atoms with Gasteiger partial charge in [-0.15, -0.1) is 11.8 Å². The van der Waals surface area contributed by atoms with E-state index in [4.69, 9.17) is 11.6 Å². The van der Waals surface area contributed by atoms with Gasteiger partial charge in [0.15, 0.2) is 0 Å². The van der Waals surface area contributed by atoms with Crippen molar-refractivity contribution in [3.05, 3.63) is 64.7 Å². The number of hydrogen-bond acceptors (Lipinski definition) is 3. The van der Waals surface area contributed by atoms with Crippen LogP contribution in [0.1, 0.15) is 23.4 Å². The average Bonchev–Trinajstić information content (AvgIpc) is 3.05. The molecule has 0 aromatic heterocycles. The summed E-state index contributed by atoms with van der Waals surface area (Å²) in [5, 5.41) is 0.407. The molecule has 1 aliphatic rings. The molecule has 2 aromatic carbocycles. The van der Waals surface area contributed by atoms with Crippen molar-refractivity contribution in [3.63, 3.8) is 0 Å². The van der Waals surface area contributed by atoms with Gasteiger partial charge < -0.3 is 0 Å². The molecule has 1 unspecified atom stereocenters. The van der Waals surface area contributed by atoms with Gasteiger partial charge >= 0.3 is 0 Å². The van der Waals surface area contributed by atoms with Crippen LogP contribution in [0.15, 0.2) is 53.4 Å². The third kappa shape index (κ3) is 3.43. The smallest absolute Gasteiger partial charge is 0.207 e. The zero-order valence-electron chi connectivity index (χ0n) is 12.8. The molecule has 1 aliphatic heterocycles. The van der Waals surface area contributed by atoms with Crippen molar-refractivity contribution < 1.29 is 8.42 Å². The Morgan fingerprint density at radius 3 is 2.61 bits per heavy atom. The van der Waals surface area contributed by atoms with Gasteiger partial charge in [-0.1, -0.05) is 42.8 Å². The standard InChI is InChI=1S/C17H18ClNO2S2/c1-2-13-6-8-16(9-7-13)23(20,21)19-10-11-22-17(19)14-4-3-5-15(18)12-14/h3-9,12,17H,2,10-11H2,1H3. The molecule has 0 saturated carbocycles. The third-order valence-corrected chi connectivity index (χ3v) is 7.43. The Morgan fingerprint density at radius 1 is 1.22 bits per heavy atom. The number of thioether (sulfide) groups is 1. The number of halogens is 1. The van der Waals surface area contributed by atoms with E-state index in [1.54, 1.807) is 34.3 Å². The molecule has 0 bridgehead atoms. The zero-order chi connectivity index (χ0) is 16.4. The number of hydrogen-bond donors (Lipinski definition) is 0. The Morgan fingerprint density at radius 2 is 1.96 bits per heavy atom. The van der Waals surface area contributed by atoms with Crippen molar-refractivity contribution in [2.45, 2.75) is 23.6 Å². The minimum atomic E-state index is -3.50. The molecular formula is C17H18ClNO2S2. The maximum Gasteiger partial charge on any atom is 0.244 e. The molecule has 0 aliphatic carbocycles. The lowest BCUT2D eigenvalue weighted by atomic mass is 10.2. The maximum atomic E-state index is 13.0. The van der Waals surface area contributed by atoms with E-state index in [0.717, 1.165) is 23.3 Å². The SMILES string of the molecule is CCc1ccc(S(=O)(=O)N2CCSC2c2cccc(Cl)c2)cc1. The molecule has 3 rings (SSSR count). The van der Waals surface area contributed by atoms with Crippen LogP contribution in [0.3, 0.4) is 0 Å². The number of benzene rings is 2. The molecule has 0 spiro atoms. The van der Waals surface area contributed by atoms with E-state index >= 15 is 0 Å². The van der Waals surface area contributed by atoms with E-state index in [-0.39, 0.29) is 5.37 Å². The summed E-state index contributed by atoms with van der Waals surface area (Å²) < 4.78 is 27.5. The summed E-state index contributed by atoms with van der Waals surface area (Å²) in [5.74, 6) is 0.781. The average molecular weight is 368 g/mol. The Bertz CT molecular complexity index is 790. The van der Waals surface area contributed by atoms with Gasteiger partial charge in [0.2, 0.25) is 10.0 Å². The van der Waals surface area contributed by atoms with Gasteiger partial charge in [-0.2, -0.15) is 4.31 Å². The summed E-state index contributed by atoms with van der Waals surface area (Å²) >= 11 is 7.69. The molecule has 1 heterocycles. The van der Waals surface area contributed by atoms with Crippen molar-refractivity contribution >= 4 is 33.4 Å². The summed E-state index contributed by atoms with van der Waals surface area (Å²) in [6.07, 6.45) is 0.894. The maximum absolute atomic E-state index is 13.0. The monoisotopic (exact) mass is 367 g/mol. The third-order valence-electron chi connectivity index (χ3n) is 3.92. The summed E-state index contributed by atoms with van der Waals surface area (Å²) in [6, 6.07) is 14.6. The van der Waals surface area contributed by atoms with E-state index in [0.29, 0.717) is 16.5 Å². The van der Waals surface area contributed by atoms with Crippen molar-refractivity contribution in [2.24, 2.45) is 0 Å². The minimum Gasteiger partial charge on any atom is -0.207 e. The lowest BCUT2D eigenvalue weighted by Crippen LogP contribution is -2.30. The first-order valence-electron chi connectivity index (χ1n) is 7.50. The highest BCUT2D eigenvalue weighted by Gasteiger charge is 2.36. The molecule has 0 radical (unpaired) electrons. The number of sulfonamides is 1. The predicted molar refractivity (Wildman–Crippen MR) is 96.4 cm³/mol. The topological polar surface area (TPSA) is 37.4 Å². The van der Waals surface area contributed by atoms with Crippen LogP contribution in [-0.4, -0.2) is 25.0 Å². The van der Waals surface area contributed by atoms with Crippen LogP contribution in [0.5, 0.6) is 0 Å². The predicted octanol–water partition coefficient (Wildman–Crippen LogP) is 4.34. The molecule has 2 aromatic rings. The Kier molecular flexibility index (Phi) is 5.01. The molecule has 3 nitrogen and oxygen atoms in total. The first-order chi connectivity index (χ1) is 11.0. The van der Waals surface area contributed by atoms with Crippen molar-refractivity contribution in [1.82, 2.24) is 4.31 Å². The lowest BCUT2D eigenvalue weighted by molar-refractivity contribution is 0.434. The lowest BCUT2D eigenvalue weighted by Gasteiger charge is -2.23. The van der Waals surface area contributed by atoms with Crippen LogP contribution in [0, 0.1) is 0 Å². The van der Waals surface area contributed by atoms with Gasteiger partial charge in [-0.3, -0.25) is 0 Å². The molecule has 0 N–H and O–H groups in total. The van der Waals surface area contributed by atoms with Gasteiger partial charge in [0.1, 0.15) is 0 Å². The van der Waals surface area contributed by atoms with E-state index in [1.807, 2.05) is 30.3 Å². The van der Waals surface area contributed by atoms with E-state index < -0.39 is 10.0 Å². The van der Waals surface area contributed by atoms with Crippen LogP contribution in [0.25, 0.3) is 0 Å². The quantitative estimate of drug-likeness (QED) is 0.806. The van der Waals surface area contributed by atoms with Crippen molar-refractivity contribution in [1.29, 1.82) is 0 Å². The molecule has 122 valence electrons. The summed E-state index contributed by atoms with van der Waals surface area (Å²) in [5.41, 5.74) is 2.06. The highest BCUT2D eigenvalue weighted by Crippen LogP contribution is 2.41. The Hall–Kier alpha value is -1.01. The van der Waals surface area contributed by atoms with E-state index in [1.165, 1.54) is 0 Å². The first-order valence-corrected chi connectivity index (χ1v) is 10.4. The van der Waals surface area contributed by atoms with Crippen LogP contribution >= 0.6 is 23.4 Å². The molecule has 1 fully saturated rings. The van der Waals surface area contributed by atoms with E-state index in [9.17, 15) is 8.42 Å². The van der Waals surface area contributed by atoms with Crippen molar-refractivity contribution in [3.8, 4) is 0 Å². The second kappa shape index (κ2) is 6.85. The normalized spacial score (nSPS) is 19.1. The second-order valence-corrected chi connectivity index (χ2v) is 8.91. The fourth-order valence-electron chi connectivity index (χ4n) is 2.66. The van der Waals surface area contributed by atoms with Crippen LogP contribution in [-0.2, 0) is 16.4 Å². The molecular weight excluding hydrogens is 350 g/mol. The molecule has 0 amide bonds. The van der Waals surface area contributed by atoms with Crippen LogP contribution in [0.4, 0.5) is 0 Å². The Labute approximate surface area is 146 Å². The van der Waals surface area contributed by atoms with Gasteiger partial charge in [0, 0.05) is 17.3 Å². The molecule has 23 heavy (non-hydrogen) atoms.